The Morgan fingerprint density at radius 1 is 1.02 bits per heavy atom. The van der Waals surface area contributed by atoms with Crippen molar-refractivity contribution >= 4 is 33.4 Å². The molecule has 4 rings (SSSR count). The molecule has 0 amide bonds. The Hall–Kier alpha value is -3.03. The average molecular weight is 667 g/mol. The maximum atomic E-state index is 15.2. The van der Waals surface area contributed by atoms with Crippen LogP contribution in [-0.2, 0) is 21.2 Å². The highest BCUT2D eigenvalue weighted by molar-refractivity contribution is 7.98. The van der Waals surface area contributed by atoms with E-state index in [1.165, 1.54) is 19.2 Å². The first-order valence-corrected chi connectivity index (χ1v) is 16.4. The Bertz CT molecular complexity index is 1730. The Balaban J connectivity index is 1.67. The van der Waals surface area contributed by atoms with Crippen molar-refractivity contribution in [2.75, 3.05) is 41.3 Å². The lowest BCUT2D eigenvalue weighted by molar-refractivity contribution is -0.868. The van der Waals surface area contributed by atoms with Gasteiger partial charge in [0.1, 0.15) is 33.2 Å². The minimum atomic E-state index is -4.24. The Morgan fingerprint density at radius 2 is 1.66 bits per heavy atom. The number of rotatable bonds is 12. The quantitative estimate of drug-likeness (QED) is 0.117. The predicted octanol–water partition coefficient (Wildman–Crippen LogP) is 7.34. The van der Waals surface area contributed by atoms with Crippen LogP contribution in [0.4, 0.5) is 13.2 Å². The van der Waals surface area contributed by atoms with Crippen LogP contribution in [0, 0.1) is 17.5 Å². The van der Waals surface area contributed by atoms with E-state index in [1.54, 1.807) is 29.0 Å². The lowest BCUT2D eigenvalue weighted by Gasteiger charge is -2.28. The van der Waals surface area contributed by atoms with E-state index in [2.05, 4.69) is 9.71 Å². The van der Waals surface area contributed by atoms with E-state index in [4.69, 9.17) is 16.3 Å². The smallest absolute Gasteiger partial charge is 0.173 e. The van der Waals surface area contributed by atoms with Gasteiger partial charge in [-0.3, -0.25) is 4.57 Å². The first-order valence-electron chi connectivity index (χ1n) is 13.6. The molecule has 0 spiro atoms. The number of thioether (sulfide) groups is 1. The highest BCUT2D eigenvalue weighted by Gasteiger charge is 2.30. The number of hydrogen-bond acceptors (Lipinski definition) is 5. The van der Waals surface area contributed by atoms with Gasteiger partial charge >= 0.3 is 0 Å². The molecule has 0 radical (unpaired) electrons. The zero-order valence-corrected chi connectivity index (χ0v) is 27.6. The van der Waals surface area contributed by atoms with Crippen molar-refractivity contribution in [3.05, 3.63) is 105 Å². The monoisotopic (exact) mass is 666 g/mol. The van der Waals surface area contributed by atoms with Gasteiger partial charge in [-0.05, 0) is 54.1 Å². The fraction of sp³-hybridized carbons (Fsp3) is 0.323. The summed E-state index contributed by atoms with van der Waals surface area (Å²) in [4.78, 5) is 4.03. The summed E-state index contributed by atoms with van der Waals surface area (Å²) < 4.78 is 80.9. The molecule has 0 unspecified atom stereocenters. The molecule has 236 valence electrons. The molecule has 3 aromatic carbocycles. The second-order valence-corrected chi connectivity index (χ2v) is 14.7. The molecule has 1 heterocycles. The number of hydrogen-bond donors (Lipinski definition) is 0. The summed E-state index contributed by atoms with van der Waals surface area (Å²) in [6.45, 7) is 4.38. The number of sulfonamides is 1. The highest BCUT2D eigenvalue weighted by atomic mass is 35.5. The standard InChI is InChI=1S/C31H34ClF3N4O3S2/c1-31(2,20-7-12-25(32)28(15-20)42-6)29-18-36-30(38(29)22-10-8-21(33)9-11-22)43-19-24-26(34)16-23(17-27(24)35)44(40,41)37-13-14-39(3,4)5/h7-12,15-18H,13-14,19H2,1-6H3. The SMILES string of the molecule is COc1cc(C(C)(C)c2cnc(SCc3c(F)cc(S(=O)(=O)[N-]CC[N+](C)(C)C)cc3F)n2-c2ccc(F)cc2)ccc1Cl. The second-order valence-electron chi connectivity index (χ2n) is 11.7. The number of ether oxygens (including phenoxy) is 1. The van der Waals surface area contributed by atoms with Crippen LogP contribution in [0.1, 0.15) is 30.7 Å². The third kappa shape index (κ3) is 7.60. The van der Waals surface area contributed by atoms with Gasteiger partial charge < -0.3 is 13.9 Å². The lowest BCUT2D eigenvalue weighted by atomic mass is 9.81. The molecule has 0 bridgehead atoms. The molecule has 13 heteroatoms. The van der Waals surface area contributed by atoms with E-state index < -0.39 is 37.8 Å². The van der Waals surface area contributed by atoms with Crippen molar-refractivity contribution in [3.63, 3.8) is 0 Å². The van der Waals surface area contributed by atoms with Crippen molar-refractivity contribution in [2.45, 2.75) is 35.1 Å². The summed E-state index contributed by atoms with van der Waals surface area (Å²) in [5.41, 5.74) is 1.19. The van der Waals surface area contributed by atoms with E-state index in [1.807, 2.05) is 47.1 Å². The molecule has 0 aliphatic carbocycles. The normalized spacial score (nSPS) is 12.5. The maximum Gasteiger partial charge on any atom is 0.173 e. The van der Waals surface area contributed by atoms with Crippen LogP contribution in [-0.4, -0.2) is 63.8 Å². The van der Waals surface area contributed by atoms with Gasteiger partial charge in [0.2, 0.25) is 0 Å². The summed E-state index contributed by atoms with van der Waals surface area (Å²) in [5, 5.41) is 0.849. The Labute approximate surface area is 265 Å². The molecule has 44 heavy (non-hydrogen) atoms. The summed E-state index contributed by atoms with van der Waals surface area (Å²) in [7, 11) is 2.93. The fourth-order valence-electron chi connectivity index (χ4n) is 4.45. The van der Waals surface area contributed by atoms with Crippen molar-refractivity contribution < 1.29 is 30.8 Å². The van der Waals surface area contributed by atoms with E-state index in [0.717, 1.165) is 29.5 Å². The molecule has 7 nitrogen and oxygen atoms in total. The average Bonchev–Trinajstić information content (AvgIpc) is 3.37. The van der Waals surface area contributed by atoms with Gasteiger partial charge in [0.15, 0.2) is 5.16 Å². The summed E-state index contributed by atoms with van der Waals surface area (Å²) in [6.07, 6.45) is 1.66. The van der Waals surface area contributed by atoms with Gasteiger partial charge in [0.05, 0.1) is 56.6 Å². The van der Waals surface area contributed by atoms with Gasteiger partial charge in [0.25, 0.3) is 0 Å². The molecule has 0 N–H and O–H groups in total. The number of aromatic nitrogens is 2. The summed E-state index contributed by atoms with van der Waals surface area (Å²) in [5.74, 6) is -2.13. The number of likely N-dealkylation sites (N-methyl/N-ethyl adjacent to an activating group) is 1. The molecular formula is C31H34ClF3N4O3S2. The number of quaternary nitrogens is 1. The molecule has 0 aliphatic rings. The van der Waals surface area contributed by atoms with Gasteiger partial charge in [0, 0.05) is 22.4 Å². The Morgan fingerprint density at radius 3 is 2.25 bits per heavy atom. The van der Waals surface area contributed by atoms with Crippen LogP contribution in [0.3, 0.4) is 0 Å². The minimum Gasteiger partial charge on any atom is -0.540 e. The van der Waals surface area contributed by atoms with Crippen LogP contribution >= 0.6 is 23.4 Å². The van der Waals surface area contributed by atoms with Crippen LogP contribution in [0.2, 0.25) is 5.02 Å². The zero-order chi connectivity index (χ0) is 32.4. The Kier molecular flexibility index (Phi) is 10.1. The number of imidazole rings is 1. The maximum absolute atomic E-state index is 15.2. The first kappa shape index (κ1) is 33.9. The van der Waals surface area contributed by atoms with E-state index in [0.29, 0.717) is 38.3 Å². The molecular weight excluding hydrogens is 633 g/mol. The molecule has 0 saturated carbocycles. The van der Waals surface area contributed by atoms with Crippen molar-refractivity contribution in [1.29, 1.82) is 0 Å². The van der Waals surface area contributed by atoms with E-state index >= 15 is 8.78 Å². The molecule has 0 aliphatic heterocycles. The van der Waals surface area contributed by atoms with Crippen LogP contribution in [0.15, 0.2) is 70.8 Å². The molecule has 0 fully saturated rings. The molecule has 0 saturated heterocycles. The molecule has 4 aromatic rings. The topological polar surface area (TPSA) is 75.3 Å². The van der Waals surface area contributed by atoms with Gasteiger partial charge in [-0.2, -0.15) is 0 Å². The predicted molar refractivity (Wildman–Crippen MR) is 168 cm³/mol. The third-order valence-electron chi connectivity index (χ3n) is 7.12. The number of nitrogens with zero attached hydrogens (tertiary/aromatic N) is 4. The van der Waals surface area contributed by atoms with Crippen LogP contribution in [0.5, 0.6) is 5.75 Å². The number of methoxy groups -OCH3 is 1. The number of benzene rings is 3. The molecule has 1 aromatic heterocycles. The fourth-order valence-corrected chi connectivity index (χ4v) is 6.63. The highest BCUT2D eigenvalue weighted by Crippen LogP contribution is 2.39. The van der Waals surface area contributed by atoms with Gasteiger partial charge in [-0.1, -0.05) is 49.8 Å². The van der Waals surface area contributed by atoms with Gasteiger partial charge in [-0.25, -0.2) is 26.6 Å². The van der Waals surface area contributed by atoms with Crippen molar-refractivity contribution in [2.24, 2.45) is 0 Å². The van der Waals surface area contributed by atoms with Crippen molar-refractivity contribution in [1.82, 2.24) is 9.55 Å². The van der Waals surface area contributed by atoms with Crippen LogP contribution in [0.25, 0.3) is 10.4 Å². The molecule has 0 atom stereocenters. The van der Waals surface area contributed by atoms with Crippen LogP contribution < -0.4 is 4.74 Å². The van der Waals surface area contributed by atoms with Gasteiger partial charge in [-0.15, -0.1) is 0 Å². The first-order chi connectivity index (χ1) is 20.5. The second kappa shape index (κ2) is 13.1. The zero-order valence-electron chi connectivity index (χ0n) is 25.2. The minimum absolute atomic E-state index is 0.0137. The lowest BCUT2D eigenvalue weighted by Crippen LogP contribution is -2.37. The summed E-state index contributed by atoms with van der Waals surface area (Å²) in [6, 6.07) is 12.8. The summed E-state index contributed by atoms with van der Waals surface area (Å²) >= 11 is 7.31. The number of halogens is 4. The van der Waals surface area contributed by atoms with Crippen molar-refractivity contribution in [3.8, 4) is 11.4 Å². The third-order valence-corrected chi connectivity index (χ3v) is 9.76. The largest absolute Gasteiger partial charge is 0.540 e. The van der Waals surface area contributed by atoms with E-state index in [9.17, 15) is 12.8 Å². The van der Waals surface area contributed by atoms with E-state index in [-0.39, 0.29) is 17.9 Å².